The van der Waals surface area contributed by atoms with Crippen molar-refractivity contribution in [1.29, 1.82) is 0 Å². The van der Waals surface area contributed by atoms with Crippen LogP contribution in [0.3, 0.4) is 0 Å². The van der Waals surface area contributed by atoms with Crippen LogP contribution in [-0.2, 0) is 11.3 Å². The smallest absolute Gasteiger partial charge is 0.354 e. The highest BCUT2D eigenvalue weighted by atomic mass is 16.5. The van der Waals surface area contributed by atoms with Crippen molar-refractivity contribution >= 4 is 5.97 Å². The van der Waals surface area contributed by atoms with E-state index in [2.05, 4.69) is 15.0 Å². The summed E-state index contributed by atoms with van der Waals surface area (Å²) in [6.45, 7) is 1.21. The molecule has 1 aromatic heterocycles. The maximum Gasteiger partial charge on any atom is 0.354 e. The van der Waals surface area contributed by atoms with Crippen molar-refractivity contribution in [1.82, 2.24) is 10.3 Å². The number of rotatable bonds is 5. The third-order valence-electron chi connectivity index (χ3n) is 3.46. The average Bonchev–Trinajstić information content (AvgIpc) is 2.98. The van der Waals surface area contributed by atoms with Gasteiger partial charge in [0, 0.05) is 18.8 Å². The maximum atomic E-state index is 11.2. The van der Waals surface area contributed by atoms with E-state index in [0.29, 0.717) is 18.8 Å². The fourth-order valence-corrected chi connectivity index (χ4v) is 2.41. The minimum absolute atomic E-state index is 0.365. The fourth-order valence-electron chi connectivity index (χ4n) is 2.41. The second kappa shape index (κ2) is 5.54. The Morgan fingerprint density at radius 2 is 2.22 bits per heavy atom. The van der Waals surface area contributed by atoms with E-state index in [0.717, 1.165) is 31.4 Å². The van der Waals surface area contributed by atoms with Crippen LogP contribution < -0.4 is 5.32 Å². The standard InChI is InChI=1S/C13H20N2O3/c1-18-12(16)11-5-4-10(15-11)8-14-9-13(17)6-2-3-7-13/h4-5,14-15,17H,2-3,6-9H2,1H3. The number of ether oxygens (including phenoxy) is 1. The molecule has 0 radical (unpaired) electrons. The molecule has 0 spiro atoms. The zero-order valence-corrected chi connectivity index (χ0v) is 10.7. The minimum atomic E-state index is -0.544. The van der Waals surface area contributed by atoms with Gasteiger partial charge in [-0.25, -0.2) is 4.79 Å². The Kier molecular flexibility index (Phi) is 4.04. The van der Waals surface area contributed by atoms with Crippen LogP contribution in [0, 0.1) is 0 Å². The molecule has 5 nitrogen and oxygen atoms in total. The number of esters is 1. The van der Waals surface area contributed by atoms with Crippen LogP contribution >= 0.6 is 0 Å². The van der Waals surface area contributed by atoms with E-state index in [1.807, 2.05) is 6.07 Å². The first kappa shape index (κ1) is 13.1. The molecule has 1 aliphatic carbocycles. The number of carbonyl (C=O) groups excluding carboxylic acids is 1. The maximum absolute atomic E-state index is 11.2. The summed E-state index contributed by atoms with van der Waals surface area (Å²) >= 11 is 0. The number of aromatic nitrogens is 1. The van der Waals surface area contributed by atoms with E-state index in [1.165, 1.54) is 7.11 Å². The highest BCUT2D eigenvalue weighted by molar-refractivity contribution is 5.87. The summed E-state index contributed by atoms with van der Waals surface area (Å²) < 4.78 is 4.62. The summed E-state index contributed by atoms with van der Waals surface area (Å²) in [5.74, 6) is -0.365. The largest absolute Gasteiger partial charge is 0.464 e. The quantitative estimate of drug-likeness (QED) is 0.688. The fraction of sp³-hybridized carbons (Fsp3) is 0.615. The summed E-state index contributed by atoms with van der Waals surface area (Å²) in [5.41, 5.74) is 0.823. The summed E-state index contributed by atoms with van der Waals surface area (Å²) in [5, 5.41) is 13.4. The van der Waals surface area contributed by atoms with Crippen LogP contribution in [0.1, 0.15) is 41.9 Å². The second-order valence-electron chi connectivity index (χ2n) is 4.92. The molecule has 5 heteroatoms. The molecule has 1 heterocycles. The lowest BCUT2D eigenvalue weighted by molar-refractivity contribution is 0.0473. The first-order chi connectivity index (χ1) is 8.63. The Bertz CT molecular complexity index is 408. The van der Waals surface area contributed by atoms with Gasteiger partial charge >= 0.3 is 5.97 Å². The minimum Gasteiger partial charge on any atom is -0.464 e. The topological polar surface area (TPSA) is 74.3 Å². The molecular formula is C13H20N2O3. The van der Waals surface area contributed by atoms with Gasteiger partial charge in [-0.2, -0.15) is 0 Å². The van der Waals surface area contributed by atoms with E-state index >= 15 is 0 Å². The molecule has 0 saturated heterocycles. The van der Waals surface area contributed by atoms with Crippen molar-refractivity contribution in [3.63, 3.8) is 0 Å². The highest BCUT2D eigenvalue weighted by Gasteiger charge is 2.30. The van der Waals surface area contributed by atoms with Crippen molar-refractivity contribution in [3.05, 3.63) is 23.5 Å². The van der Waals surface area contributed by atoms with Gasteiger partial charge in [0.1, 0.15) is 5.69 Å². The molecule has 100 valence electrons. The van der Waals surface area contributed by atoms with Crippen LogP contribution in [0.25, 0.3) is 0 Å². The van der Waals surface area contributed by atoms with Crippen molar-refractivity contribution in [2.45, 2.75) is 37.8 Å². The molecular weight excluding hydrogens is 232 g/mol. The van der Waals surface area contributed by atoms with Crippen LogP contribution in [0.4, 0.5) is 0 Å². The predicted molar refractivity (Wildman–Crippen MR) is 67.3 cm³/mol. The molecule has 2 rings (SSSR count). The molecule has 0 aromatic carbocycles. The van der Waals surface area contributed by atoms with Crippen LogP contribution in [0.2, 0.25) is 0 Å². The lowest BCUT2D eigenvalue weighted by Gasteiger charge is -2.22. The Morgan fingerprint density at radius 3 is 2.89 bits per heavy atom. The number of H-pyrrole nitrogens is 1. The second-order valence-corrected chi connectivity index (χ2v) is 4.92. The van der Waals surface area contributed by atoms with E-state index in [1.54, 1.807) is 6.07 Å². The number of methoxy groups -OCH3 is 1. The molecule has 0 atom stereocenters. The van der Waals surface area contributed by atoms with E-state index < -0.39 is 5.60 Å². The monoisotopic (exact) mass is 252 g/mol. The number of hydrogen-bond donors (Lipinski definition) is 3. The van der Waals surface area contributed by atoms with Crippen molar-refractivity contribution in [2.75, 3.05) is 13.7 Å². The molecule has 1 aromatic rings. The lowest BCUT2D eigenvalue weighted by Crippen LogP contribution is -2.37. The molecule has 1 fully saturated rings. The number of aromatic amines is 1. The molecule has 0 amide bonds. The summed E-state index contributed by atoms with van der Waals surface area (Å²) in [4.78, 5) is 14.2. The van der Waals surface area contributed by atoms with E-state index in [9.17, 15) is 9.90 Å². The van der Waals surface area contributed by atoms with Gasteiger partial charge in [0.25, 0.3) is 0 Å². The third-order valence-corrected chi connectivity index (χ3v) is 3.46. The first-order valence-corrected chi connectivity index (χ1v) is 6.32. The summed E-state index contributed by atoms with van der Waals surface area (Å²) in [6, 6.07) is 3.55. The number of carbonyl (C=O) groups is 1. The van der Waals surface area contributed by atoms with Crippen molar-refractivity contribution < 1.29 is 14.6 Å². The first-order valence-electron chi connectivity index (χ1n) is 6.32. The van der Waals surface area contributed by atoms with Gasteiger partial charge in [0.2, 0.25) is 0 Å². The molecule has 3 N–H and O–H groups in total. The van der Waals surface area contributed by atoms with Crippen molar-refractivity contribution in [2.24, 2.45) is 0 Å². The molecule has 1 aliphatic rings. The van der Waals surface area contributed by atoms with Crippen LogP contribution in [0.15, 0.2) is 12.1 Å². The number of nitrogens with one attached hydrogen (secondary N) is 2. The Labute approximate surface area is 107 Å². The Balaban J connectivity index is 1.80. The van der Waals surface area contributed by atoms with Gasteiger partial charge < -0.3 is 20.1 Å². The molecule has 18 heavy (non-hydrogen) atoms. The Hall–Kier alpha value is -1.33. The highest BCUT2D eigenvalue weighted by Crippen LogP contribution is 2.28. The summed E-state index contributed by atoms with van der Waals surface area (Å²) in [6.07, 6.45) is 3.95. The predicted octanol–water partition coefficient (Wildman–Crippen LogP) is 1.20. The zero-order valence-electron chi connectivity index (χ0n) is 10.7. The Morgan fingerprint density at radius 1 is 1.50 bits per heavy atom. The molecule has 1 saturated carbocycles. The zero-order chi connectivity index (χ0) is 13.0. The van der Waals surface area contributed by atoms with Crippen molar-refractivity contribution in [3.8, 4) is 0 Å². The third kappa shape index (κ3) is 3.11. The number of aliphatic hydroxyl groups is 1. The molecule has 0 aliphatic heterocycles. The van der Waals surface area contributed by atoms with Gasteiger partial charge in [0.05, 0.1) is 12.7 Å². The van der Waals surface area contributed by atoms with E-state index in [-0.39, 0.29) is 5.97 Å². The average molecular weight is 252 g/mol. The van der Waals surface area contributed by atoms with Crippen LogP contribution in [0.5, 0.6) is 0 Å². The SMILES string of the molecule is COC(=O)c1ccc(CNCC2(O)CCCC2)[nH]1. The molecule has 0 unspecified atom stereocenters. The van der Waals surface area contributed by atoms with Crippen LogP contribution in [-0.4, -0.2) is 35.3 Å². The van der Waals surface area contributed by atoms with E-state index in [4.69, 9.17) is 0 Å². The van der Waals surface area contributed by atoms with Gasteiger partial charge in [0.15, 0.2) is 0 Å². The number of hydrogen-bond acceptors (Lipinski definition) is 4. The van der Waals surface area contributed by atoms with Gasteiger partial charge in [-0.3, -0.25) is 0 Å². The molecule has 0 bridgehead atoms. The lowest BCUT2D eigenvalue weighted by atomic mass is 10.0. The normalized spacial score (nSPS) is 17.9. The van der Waals surface area contributed by atoms with Gasteiger partial charge in [-0.05, 0) is 25.0 Å². The van der Waals surface area contributed by atoms with Gasteiger partial charge in [-0.1, -0.05) is 12.8 Å². The summed E-state index contributed by atoms with van der Waals surface area (Å²) in [7, 11) is 1.36. The van der Waals surface area contributed by atoms with Gasteiger partial charge in [-0.15, -0.1) is 0 Å².